The fourth-order valence-corrected chi connectivity index (χ4v) is 1.99. The molecule has 0 heterocycles. The highest BCUT2D eigenvalue weighted by Crippen LogP contribution is 2.11. The van der Waals surface area contributed by atoms with Crippen LogP contribution in [0.5, 0.6) is 5.75 Å². The van der Waals surface area contributed by atoms with E-state index in [1.54, 1.807) is 0 Å². The molecule has 0 saturated heterocycles. The Morgan fingerprint density at radius 1 is 1.04 bits per heavy atom. The van der Waals surface area contributed by atoms with Crippen LogP contribution >= 0.6 is 0 Å². The monoisotopic (exact) mass is 348 g/mol. The second-order valence-electron chi connectivity index (χ2n) is 5.32. The van der Waals surface area contributed by atoms with Gasteiger partial charge in [-0.05, 0) is 31.2 Å². The topological polar surface area (TPSA) is 67.4 Å². The Morgan fingerprint density at radius 3 is 2.44 bits per heavy atom. The maximum atomic E-state index is 13.4. The summed E-state index contributed by atoms with van der Waals surface area (Å²) in [6.45, 7) is 2.18. The zero-order valence-electron chi connectivity index (χ0n) is 13.6. The van der Waals surface area contributed by atoms with E-state index in [0.717, 1.165) is 17.7 Å². The van der Waals surface area contributed by atoms with Crippen molar-refractivity contribution >= 4 is 11.8 Å². The molecule has 0 radical (unpaired) electrons. The zero-order chi connectivity index (χ0) is 18.2. The molecule has 0 fully saturated rings. The van der Waals surface area contributed by atoms with E-state index in [0.29, 0.717) is 11.8 Å². The van der Waals surface area contributed by atoms with Crippen molar-refractivity contribution in [3.05, 3.63) is 65.2 Å². The van der Waals surface area contributed by atoms with Crippen molar-refractivity contribution in [3.8, 4) is 5.75 Å². The lowest BCUT2D eigenvalue weighted by molar-refractivity contribution is -0.120. The number of hydrogen-bond acceptors (Lipinski definition) is 3. The van der Waals surface area contributed by atoms with Gasteiger partial charge in [-0.1, -0.05) is 17.7 Å². The summed E-state index contributed by atoms with van der Waals surface area (Å²) in [5.74, 6) is -2.29. The third kappa shape index (κ3) is 5.87. The minimum atomic E-state index is -0.982. The quantitative estimate of drug-likeness (QED) is 0.754. The maximum Gasteiger partial charge on any atom is 0.254 e. The summed E-state index contributed by atoms with van der Waals surface area (Å²) in [7, 11) is 0. The first-order valence-corrected chi connectivity index (χ1v) is 7.65. The first kappa shape index (κ1) is 18.4. The van der Waals surface area contributed by atoms with Crippen molar-refractivity contribution in [3.63, 3.8) is 0 Å². The molecule has 132 valence electrons. The molecule has 0 bridgehead atoms. The number of benzene rings is 2. The fraction of sp³-hybridized carbons (Fsp3) is 0.222. The van der Waals surface area contributed by atoms with E-state index in [9.17, 15) is 18.4 Å². The molecule has 5 nitrogen and oxygen atoms in total. The number of ether oxygens (including phenoxy) is 1. The number of carbonyl (C=O) groups excluding carboxylic acids is 2. The molecule has 2 rings (SSSR count). The van der Waals surface area contributed by atoms with Gasteiger partial charge in [-0.3, -0.25) is 9.59 Å². The average molecular weight is 348 g/mol. The minimum Gasteiger partial charge on any atom is -0.492 e. The van der Waals surface area contributed by atoms with Gasteiger partial charge in [-0.15, -0.1) is 0 Å². The molecule has 2 aromatic rings. The van der Waals surface area contributed by atoms with E-state index in [1.807, 2.05) is 31.2 Å². The van der Waals surface area contributed by atoms with Gasteiger partial charge in [0.1, 0.15) is 24.0 Å². The van der Waals surface area contributed by atoms with Crippen molar-refractivity contribution in [2.24, 2.45) is 0 Å². The summed E-state index contributed by atoms with van der Waals surface area (Å²) in [4.78, 5) is 23.4. The van der Waals surface area contributed by atoms with E-state index in [2.05, 4.69) is 10.6 Å². The molecule has 2 N–H and O–H groups in total. The third-order valence-electron chi connectivity index (χ3n) is 3.30. The number of rotatable bonds is 7. The van der Waals surface area contributed by atoms with Crippen LogP contribution in [0, 0.1) is 18.6 Å². The normalized spacial score (nSPS) is 10.2. The van der Waals surface area contributed by atoms with Crippen LogP contribution in [0.15, 0.2) is 42.5 Å². The van der Waals surface area contributed by atoms with E-state index in [-0.39, 0.29) is 25.3 Å². The van der Waals surface area contributed by atoms with Crippen LogP contribution < -0.4 is 15.4 Å². The molecular formula is C18H18F2N2O3. The lowest BCUT2D eigenvalue weighted by atomic mass is 10.2. The second kappa shape index (κ2) is 8.77. The Labute approximate surface area is 144 Å². The predicted molar refractivity (Wildman–Crippen MR) is 88.4 cm³/mol. The first-order valence-electron chi connectivity index (χ1n) is 7.65. The molecule has 2 aromatic carbocycles. The lowest BCUT2D eigenvalue weighted by Crippen LogP contribution is -2.38. The van der Waals surface area contributed by atoms with Gasteiger partial charge in [-0.2, -0.15) is 0 Å². The van der Waals surface area contributed by atoms with Crippen LogP contribution in [0.3, 0.4) is 0 Å². The lowest BCUT2D eigenvalue weighted by Gasteiger charge is -2.09. The van der Waals surface area contributed by atoms with Crippen LogP contribution in [0.2, 0.25) is 0 Å². The fourth-order valence-electron chi connectivity index (χ4n) is 1.99. The van der Waals surface area contributed by atoms with Gasteiger partial charge in [0, 0.05) is 6.07 Å². The summed E-state index contributed by atoms with van der Waals surface area (Å²) in [5.41, 5.74) is 0.797. The van der Waals surface area contributed by atoms with Crippen molar-refractivity contribution in [2.75, 3.05) is 19.7 Å². The second-order valence-corrected chi connectivity index (χ2v) is 5.32. The van der Waals surface area contributed by atoms with Crippen molar-refractivity contribution in [2.45, 2.75) is 6.92 Å². The highest BCUT2D eigenvalue weighted by molar-refractivity contribution is 5.96. The Bertz CT molecular complexity index is 748. The Morgan fingerprint density at radius 2 is 1.76 bits per heavy atom. The van der Waals surface area contributed by atoms with Crippen LogP contribution in [0.25, 0.3) is 0 Å². The number of hydrogen-bond donors (Lipinski definition) is 2. The molecule has 0 unspecified atom stereocenters. The van der Waals surface area contributed by atoms with Crippen LogP contribution in [-0.2, 0) is 4.79 Å². The van der Waals surface area contributed by atoms with Crippen molar-refractivity contribution < 1.29 is 23.1 Å². The largest absolute Gasteiger partial charge is 0.492 e. The van der Waals surface area contributed by atoms with Crippen LogP contribution in [0.1, 0.15) is 15.9 Å². The molecule has 0 aliphatic rings. The molecule has 0 aliphatic carbocycles. The number of carbonyl (C=O) groups is 2. The zero-order valence-corrected chi connectivity index (χ0v) is 13.6. The molecular weight excluding hydrogens is 330 g/mol. The molecule has 0 aliphatic heterocycles. The molecule has 0 spiro atoms. The number of amides is 2. The Kier molecular flexibility index (Phi) is 6.45. The maximum absolute atomic E-state index is 13.4. The summed E-state index contributed by atoms with van der Waals surface area (Å²) >= 11 is 0. The predicted octanol–water partition coefficient (Wildman–Crippen LogP) is 2.20. The Hall–Kier alpha value is -2.96. The van der Waals surface area contributed by atoms with Gasteiger partial charge in [0.15, 0.2) is 0 Å². The molecule has 25 heavy (non-hydrogen) atoms. The number of halogens is 2. The summed E-state index contributed by atoms with van der Waals surface area (Å²) in [6, 6.07) is 10.1. The van der Waals surface area contributed by atoms with Crippen molar-refractivity contribution in [1.82, 2.24) is 10.6 Å². The molecule has 0 saturated carbocycles. The standard InChI is InChI=1S/C18H18F2N2O3/c1-12-2-5-14(6-3-12)25-9-8-21-17(23)11-22-18(24)15-7-4-13(19)10-16(15)20/h2-7,10H,8-9,11H2,1H3,(H,21,23)(H,22,24). The summed E-state index contributed by atoms with van der Waals surface area (Å²) < 4.78 is 31.7. The van der Waals surface area contributed by atoms with E-state index in [1.165, 1.54) is 0 Å². The summed E-state index contributed by atoms with van der Waals surface area (Å²) in [6.07, 6.45) is 0. The molecule has 7 heteroatoms. The van der Waals surface area contributed by atoms with Gasteiger partial charge in [0.05, 0.1) is 18.7 Å². The minimum absolute atomic E-state index is 0.257. The van der Waals surface area contributed by atoms with E-state index in [4.69, 9.17) is 4.74 Å². The van der Waals surface area contributed by atoms with Crippen molar-refractivity contribution in [1.29, 1.82) is 0 Å². The number of nitrogens with one attached hydrogen (secondary N) is 2. The van der Waals surface area contributed by atoms with E-state index < -0.39 is 23.4 Å². The third-order valence-corrected chi connectivity index (χ3v) is 3.30. The average Bonchev–Trinajstić information content (AvgIpc) is 2.58. The van der Waals surface area contributed by atoms with Gasteiger partial charge in [-0.25, -0.2) is 8.78 Å². The van der Waals surface area contributed by atoms with Crippen LogP contribution in [0.4, 0.5) is 8.78 Å². The van der Waals surface area contributed by atoms with Gasteiger partial charge in [0.2, 0.25) is 5.91 Å². The first-order chi connectivity index (χ1) is 12.0. The Balaban J connectivity index is 1.68. The van der Waals surface area contributed by atoms with Gasteiger partial charge in [0.25, 0.3) is 5.91 Å². The van der Waals surface area contributed by atoms with Gasteiger partial charge < -0.3 is 15.4 Å². The molecule has 2 amide bonds. The van der Waals surface area contributed by atoms with Crippen LogP contribution in [-0.4, -0.2) is 31.5 Å². The number of aryl methyl sites for hydroxylation is 1. The highest BCUT2D eigenvalue weighted by atomic mass is 19.1. The SMILES string of the molecule is Cc1ccc(OCCNC(=O)CNC(=O)c2ccc(F)cc2F)cc1. The molecule has 0 aromatic heterocycles. The van der Waals surface area contributed by atoms with Gasteiger partial charge >= 0.3 is 0 Å². The highest BCUT2D eigenvalue weighted by Gasteiger charge is 2.13. The molecule has 0 atom stereocenters. The summed E-state index contributed by atoms with van der Waals surface area (Å²) in [5, 5.41) is 4.83. The van der Waals surface area contributed by atoms with E-state index >= 15 is 0 Å². The smallest absolute Gasteiger partial charge is 0.254 e.